The van der Waals surface area contributed by atoms with Crippen LogP contribution in [0.25, 0.3) is 0 Å². The first-order valence-corrected chi connectivity index (χ1v) is 5.76. The number of sulfonamides is 1. The van der Waals surface area contributed by atoms with Gasteiger partial charge in [0.05, 0.1) is 11.8 Å². The van der Waals surface area contributed by atoms with Gasteiger partial charge in [0.15, 0.2) is 11.6 Å². The molecule has 0 bridgehead atoms. The van der Waals surface area contributed by atoms with E-state index in [1.165, 1.54) is 4.72 Å². The summed E-state index contributed by atoms with van der Waals surface area (Å²) in [5.41, 5.74) is -0.885. The van der Waals surface area contributed by atoms with Crippen LogP contribution >= 0.6 is 0 Å². The molecule has 0 spiro atoms. The minimum absolute atomic E-state index is 0.159. The van der Waals surface area contributed by atoms with Gasteiger partial charge in [-0.05, 0) is 6.07 Å². The Morgan fingerprint density at radius 2 is 1.62 bits per heavy atom. The lowest BCUT2D eigenvalue weighted by Gasteiger charge is -2.04. The average molecular weight is 253 g/mol. The summed E-state index contributed by atoms with van der Waals surface area (Å²) in [6.07, 6.45) is 0.669. The molecule has 1 N–H and O–H groups in total. The SMILES string of the molecule is CS(=O)(=O)NC(=O)c1cc(F)c(F)cc1F. The first-order chi connectivity index (χ1) is 7.20. The molecule has 1 aromatic rings. The molecule has 0 aliphatic rings. The second kappa shape index (κ2) is 4.12. The van der Waals surface area contributed by atoms with E-state index in [-0.39, 0.29) is 12.1 Å². The topological polar surface area (TPSA) is 63.2 Å². The normalized spacial score (nSPS) is 11.2. The molecule has 1 aromatic carbocycles. The number of carbonyl (C=O) groups excluding carboxylic acids is 1. The number of halogens is 3. The van der Waals surface area contributed by atoms with Gasteiger partial charge in [0.2, 0.25) is 10.0 Å². The lowest BCUT2D eigenvalue weighted by atomic mass is 10.2. The fourth-order valence-corrected chi connectivity index (χ4v) is 1.37. The number of benzene rings is 1. The van der Waals surface area contributed by atoms with Crippen molar-refractivity contribution in [3.63, 3.8) is 0 Å². The summed E-state index contributed by atoms with van der Waals surface area (Å²) in [6.45, 7) is 0. The monoisotopic (exact) mass is 253 g/mol. The Kier molecular flexibility index (Phi) is 3.22. The zero-order valence-corrected chi connectivity index (χ0v) is 8.74. The van der Waals surface area contributed by atoms with Gasteiger partial charge in [0.25, 0.3) is 5.91 Å². The first kappa shape index (κ1) is 12.5. The number of carbonyl (C=O) groups is 1. The lowest BCUT2D eigenvalue weighted by molar-refractivity contribution is 0.0977. The molecule has 0 atom stereocenters. The van der Waals surface area contributed by atoms with E-state index in [9.17, 15) is 26.4 Å². The van der Waals surface area contributed by atoms with Gasteiger partial charge in [-0.25, -0.2) is 26.3 Å². The van der Waals surface area contributed by atoms with E-state index in [1.54, 1.807) is 0 Å². The Hall–Kier alpha value is -1.57. The molecule has 0 saturated heterocycles. The summed E-state index contributed by atoms with van der Waals surface area (Å²) in [7, 11) is -3.89. The molecule has 0 heterocycles. The van der Waals surface area contributed by atoms with Gasteiger partial charge in [-0.3, -0.25) is 4.79 Å². The number of rotatable bonds is 2. The molecule has 0 aliphatic carbocycles. The average Bonchev–Trinajstić information content (AvgIpc) is 2.08. The third-order valence-corrected chi connectivity index (χ3v) is 2.09. The third-order valence-electron chi connectivity index (χ3n) is 1.53. The molecule has 0 aliphatic heterocycles. The molecule has 0 unspecified atom stereocenters. The van der Waals surface area contributed by atoms with E-state index in [4.69, 9.17) is 0 Å². The zero-order chi connectivity index (χ0) is 12.5. The molecule has 0 aromatic heterocycles. The van der Waals surface area contributed by atoms with E-state index in [0.29, 0.717) is 6.26 Å². The molecule has 1 rings (SSSR count). The van der Waals surface area contributed by atoms with E-state index in [1.807, 2.05) is 0 Å². The molecule has 16 heavy (non-hydrogen) atoms. The Morgan fingerprint density at radius 3 is 2.12 bits per heavy atom. The van der Waals surface area contributed by atoms with Crippen LogP contribution in [0.2, 0.25) is 0 Å². The fourth-order valence-electron chi connectivity index (χ4n) is 0.920. The Morgan fingerprint density at radius 1 is 1.12 bits per heavy atom. The van der Waals surface area contributed by atoms with Gasteiger partial charge < -0.3 is 0 Å². The first-order valence-electron chi connectivity index (χ1n) is 3.87. The van der Waals surface area contributed by atoms with Crippen LogP contribution in [0.4, 0.5) is 13.2 Å². The van der Waals surface area contributed by atoms with Gasteiger partial charge in [0.1, 0.15) is 5.82 Å². The smallest absolute Gasteiger partial charge is 0.267 e. The molecule has 4 nitrogen and oxygen atoms in total. The summed E-state index contributed by atoms with van der Waals surface area (Å²) in [5.74, 6) is -5.62. The second-order valence-corrected chi connectivity index (χ2v) is 4.70. The molecule has 8 heteroatoms. The molecular formula is C8H6F3NO3S. The Bertz CT molecular complexity index is 542. The molecular weight excluding hydrogens is 247 g/mol. The predicted octanol–water partition coefficient (Wildman–Crippen LogP) is 0.793. The van der Waals surface area contributed by atoms with Crippen LogP contribution in [-0.2, 0) is 10.0 Å². The maximum Gasteiger partial charge on any atom is 0.267 e. The molecule has 0 fully saturated rings. The predicted molar refractivity (Wildman–Crippen MR) is 48.6 cm³/mol. The summed E-state index contributed by atoms with van der Waals surface area (Å²) in [6, 6.07) is 0.442. The van der Waals surface area contributed by atoms with Crippen LogP contribution < -0.4 is 4.72 Å². The standard InChI is InChI=1S/C8H6F3NO3S/c1-16(14,15)12-8(13)4-2-6(10)7(11)3-5(4)9/h2-3H,1H3,(H,12,13). The third kappa shape index (κ3) is 2.96. The van der Waals surface area contributed by atoms with E-state index in [2.05, 4.69) is 0 Å². The van der Waals surface area contributed by atoms with Crippen LogP contribution in [0.1, 0.15) is 10.4 Å². The van der Waals surface area contributed by atoms with Crippen molar-refractivity contribution in [3.05, 3.63) is 35.1 Å². The van der Waals surface area contributed by atoms with Crippen LogP contribution in [0.5, 0.6) is 0 Å². The minimum atomic E-state index is -3.89. The molecule has 0 saturated carbocycles. The number of hydrogen-bond donors (Lipinski definition) is 1. The van der Waals surface area contributed by atoms with Crippen molar-refractivity contribution in [1.82, 2.24) is 4.72 Å². The van der Waals surface area contributed by atoms with Gasteiger partial charge in [-0.2, -0.15) is 0 Å². The van der Waals surface area contributed by atoms with Crippen LogP contribution in [0, 0.1) is 17.5 Å². The lowest BCUT2D eigenvalue weighted by Crippen LogP contribution is -2.30. The van der Waals surface area contributed by atoms with Crippen molar-refractivity contribution in [2.24, 2.45) is 0 Å². The molecule has 1 amide bonds. The van der Waals surface area contributed by atoms with Crippen molar-refractivity contribution in [2.75, 3.05) is 6.26 Å². The largest absolute Gasteiger partial charge is 0.268 e. The van der Waals surface area contributed by atoms with Crippen LogP contribution in [0.3, 0.4) is 0 Å². The molecule has 0 radical (unpaired) electrons. The fraction of sp³-hybridized carbons (Fsp3) is 0.125. The van der Waals surface area contributed by atoms with Crippen molar-refractivity contribution in [2.45, 2.75) is 0 Å². The highest BCUT2D eigenvalue weighted by Crippen LogP contribution is 2.13. The van der Waals surface area contributed by atoms with Crippen molar-refractivity contribution in [1.29, 1.82) is 0 Å². The Balaban J connectivity index is 3.15. The summed E-state index contributed by atoms with van der Waals surface area (Å²) in [5, 5.41) is 0. The number of nitrogens with one attached hydrogen (secondary N) is 1. The zero-order valence-electron chi connectivity index (χ0n) is 7.92. The van der Waals surface area contributed by atoms with Gasteiger partial charge in [0, 0.05) is 6.07 Å². The highest BCUT2D eigenvalue weighted by molar-refractivity contribution is 7.89. The Labute approximate surface area is 89.1 Å². The van der Waals surface area contributed by atoms with E-state index < -0.39 is 38.9 Å². The summed E-state index contributed by atoms with van der Waals surface area (Å²) >= 11 is 0. The van der Waals surface area contributed by atoms with Crippen molar-refractivity contribution in [3.8, 4) is 0 Å². The number of amides is 1. The summed E-state index contributed by atoms with van der Waals surface area (Å²) in [4.78, 5) is 11.1. The highest BCUT2D eigenvalue weighted by Gasteiger charge is 2.18. The van der Waals surface area contributed by atoms with E-state index >= 15 is 0 Å². The highest BCUT2D eigenvalue weighted by atomic mass is 32.2. The maximum absolute atomic E-state index is 13.0. The number of hydrogen-bond acceptors (Lipinski definition) is 3. The van der Waals surface area contributed by atoms with Gasteiger partial charge in [-0.1, -0.05) is 0 Å². The summed E-state index contributed by atoms with van der Waals surface area (Å²) < 4.78 is 60.9. The van der Waals surface area contributed by atoms with Crippen LogP contribution in [0.15, 0.2) is 12.1 Å². The maximum atomic E-state index is 13.0. The van der Waals surface area contributed by atoms with Crippen LogP contribution in [-0.4, -0.2) is 20.6 Å². The minimum Gasteiger partial charge on any atom is -0.268 e. The van der Waals surface area contributed by atoms with Crippen molar-refractivity contribution >= 4 is 15.9 Å². The quantitative estimate of drug-likeness (QED) is 0.793. The molecule has 88 valence electrons. The van der Waals surface area contributed by atoms with Gasteiger partial charge in [-0.15, -0.1) is 0 Å². The van der Waals surface area contributed by atoms with Crippen molar-refractivity contribution < 1.29 is 26.4 Å². The van der Waals surface area contributed by atoms with E-state index in [0.717, 1.165) is 0 Å². The van der Waals surface area contributed by atoms with Gasteiger partial charge >= 0.3 is 0 Å². The second-order valence-electron chi connectivity index (χ2n) is 2.95.